The van der Waals surface area contributed by atoms with E-state index in [9.17, 15) is 5.11 Å². The third-order valence-electron chi connectivity index (χ3n) is 4.43. The van der Waals surface area contributed by atoms with Gasteiger partial charge in [-0.1, -0.05) is 19.9 Å². The molecule has 1 heterocycles. The van der Waals surface area contributed by atoms with Crippen molar-refractivity contribution in [2.24, 2.45) is 0 Å². The van der Waals surface area contributed by atoms with Crippen molar-refractivity contribution in [3.63, 3.8) is 0 Å². The minimum atomic E-state index is 0.368. The Labute approximate surface area is 120 Å². The molecule has 0 radical (unpaired) electrons. The zero-order valence-corrected chi connectivity index (χ0v) is 12.4. The molecule has 0 bridgehead atoms. The molecule has 1 atom stereocenters. The fraction of sp³-hybridized carbons (Fsp3) is 0.529. The summed E-state index contributed by atoms with van der Waals surface area (Å²) in [6.07, 6.45) is 6.69. The van der Waals surface area contributed by atoms with Crippen LogP contribution in [0.1, 0.15) is 37.8 Å². The van der Waals surface area contributed by atoms with Crippen LogP contribution in [0, 0.1) is 0 Å². The summed E-state index contributed by atoms with van der Waals surface area (Å²) in [6.45, 7) is 6.87. The summed E-state index contributed by atoms with van der Waals surface area (Å²) in [5.41, 5.74) is 3.65. The number of phenolic OH excluding ortho intramolecular Hbond substituents is 1. The van der Waals surface area contributed by atoms with Crippen LogP contribution in [-0.4, -0.2) is 34.1 Å². The average Bonchev–Trinajstić information content (AvgIpc) is 2.88. The van der Waals surface area contributed by atoms with E-state index in [1.165, 1.54) is 42.4 Å². The molecule has 1 aliphatic carbocycles. The van der Waals surface area contributed by atoms with Crippen molar-refractivity contribution in [1.29, 1.82) is 0 Å². The molecule has 108 valence electrons. The highest BCUT2D eigenvalue weighted by Gasteiger charge is 2.26. The Morgan fingerprint density at radius 2 is 1.85 bits per heavy atom. The van der Waals surface area contributed by atoms with Gasteiger partial charge in [-0.25, -0.2) is 0 Å². The van der Waals surface area contributed by atoms with Crippen LogP contribution in [0.5, 0.6) is 5.75 Å². The van der Waals surface area contributed by atoms with Crippen molar-refractivity contribution >= 4 is 10.9 Å². The van der Waals surface area contributed by atoms with E-state index in [0.717, 1.165) is 18.4 Å². The zero-order chi connectivity index (χ0) is 14.1. The van der Waals surface area contributed by atoms with E-state index in [-0.39, 0.29) is 0 Å². The van der Waals surface area contributed by atoms with E-state index in [0.29, 0.717) is 11.8 Å². The van der Waals surface area contributed by atoms with Crippen LogP contribution in [0.3, 0.4) is 0 Å². The second-order valence-corrected chi connectivity index (χ2v) is 5.91. The van der Waals surface area contributed by atoms with Gasteiger partial charge in [0, 0.05) is 17.6 Å². The lowest BCUT2D eigenvalue weighted by atomic mass is 9.88. The summed E-state index contributed by atoms with van der Waals surface area (Å²) in [5, 5.41) is 11.2. The largest absolute Gasteiger partial charge is 0.506 e. The average molecular weight is 272 g/mol. The number of nitrogens with zero attached hydrogens (tertiary/aromatic N) is 1. The molecule has 1 aliphatic rings. The van der Waals surface area contributed by atoms with Gasteiger partial charge in [-0.3, -0.25) is 4.90 Å². The van der Waals surface area contributed by atoms with Crippen LogP contribution in [0.4, 0.5) is 0 Å². The Kier molecular flexibility index (Phi) is 3.70. The first kappa shape index (κ1) is 13.5. The smallest absolute Gasteiger partial charge is 0.139 e. The molecule has 1 aromatic heterocycles. The van der Waals surface area contributed by atoms with E-state index in [1.807, 2.05) is 6.07 Å². The van der Waals surface area contributed by atoms with Gasteiger partial charge in [0.25, 0.3) is 0 Å². The quantitative estimate of drug-likeness (QED) is 0.875. The minimum absolute atomic E-state index is 0.368. The number of phenols is 1. The Balaban J connectivity index is 1.92. The molecular weight excluding hydrogens is 248 g/mol. The number of hydrogen-bond donors (Lipinski definition) is 2. The Bertz CT molecular complexity index is 596. The topological polar surface area (TPSA) is 39.3 Å². The van der Waals surface area contributed by atoms with E-state index in [4.69, 9.17) is 0 Å². The maximum atomic E-state index is 9.93. The number of H-pyrrole nitrogens is 1. The number of aromatic hydroxyl groups is 1. The van der Waals surface area contributed by atoms with Gasteiger partial charge in [-0.15, -0.1) is 0 Å². The lowest BCUT2D eigenvalue weighted by molar-refractivity contribution is 0.192. The second kappa shape index (κ2) is 5.49. The standard InChI is InChI=1S/C17H24N2O/c1-3-7-19(8-4-2)14-9-12-5-6-15(20)17-16(12)13(10-14)11-18-17/h5-6,11,14,18,20H,3-4,7-10H2,1-2H3. The first-order chi connectivity index (χ1) is 9.74. The van der Waals surface area contributed by atoms with E-state index in [2.05, 4.69) is 36.0 Å². The van der Waals surface area contributed by atoms with Crippen LogP contribution < -0.4 is 0 Å². The monoisotopic (exact) mass is 272 g/mol. The van der Waals surface area contributed by atoms with Crippen molar-refractivity contribution in [2.45, 2.75) is 45.6 Å². The molecular formula is C17H24N2O. The van der Waals surface area contributed by atoms with Crippen molar-refractivity contribution in [2.75, 3.05) is 13.1 Å². The normalized spacial score (nSPS) is 18.1. The van der Waals surface area contributed by atoms with Crippen LogP contribution in [-0.2, 0) is 12.8 Å². The Morgan fingerprint density at radius 3 is 2.55 bits per heavy atom. The van der Waals surface area contributed by atoms with Gasteiger partial charge in [0.15, 0.2) is 0 Å². The van der Waals surface area contributed by atoms with Crippen LogP contribution >= 0.6 is 0 Å². The first-order valence-electron chi connectivity index (χ1n) is 7.79. The summed E-state index contributed by atoms with van der Waals surface area (Å²) >= 11 is 0. The summed E-state index contributed by atoms with van der Waals surface area (Å²) < 4.78 is 0. The van der Waals surface area contributed by atoms with Crippen molar-refractivity contribution in [1.82, 2.24) is 9.88 Å². The summed E-state index contributed by atoms with van der Waals surface area (Å²) in [7, 11) is 0. The fourth-order valence-corrected chi connectivity index (χ4v) is 3.60. The predicted octanol–water partition coefficient (Wildman–Crippen LogP) is 3.46. The molecule has 3 nitrogen and oxygen atoms in total. The third kappa shape index (κ3) is 2.20. The number of nitrogens with one attached hydrogen (secondary N) is 1. The summed E-state index contributed by atoms with van der Waals surface area (Å²) in [5.74, 6) is 0.368. The second-order valence-electron chi connectivity index (χ2n) is 5.91. The van der Waals surface area contributed by atoms with Gasteiger partial charge in [0.1, 0.15) is 5.75 Å². The number of aromatic nitrogens is 1. The third-order valence-corrected chi connectivity index (χ3v) is 4.43. The lowest BCUT2D eigenvalue weighted by Crippen LogP contribution is -2.40. The molecule has 1 aromatic carbocycles. The number of benzene rings is 1. The maximum Gasteiger partial charge on any atom is 0.139 e. The predicted molar refractivity (Wildman–Crippen MR) is 83.3 cm³/mol. The van der Waals surface area contributed by atoms with Gasteiger partial charge < -0.3 is 10.1 Å². The van der Waals surface area contributed by atoms with Gasteiger partial charge in [-0.2, -0.15) is 0 Å². The molecule has 0 saturated carbocycles. The first-order valence-corrected chi connectivity index (χ1v) is 7.79. The highest BCUT2D eigenvalue weighted by atomic mass is 16.3. The van der Waals surface area contributed by atoms with Crippen molar-refractivity contribution in [3.05, 3.63) is 29.5 Å². The molecule has 3 heteroatoms. The van der Waals surface area contributed by atoms with Gasteiger partial charge >= 0.3 is 0 Å². The molecule has 1 unspecified atom stereocenters. The van der Waals surface area contributed by atoms with E-state index >= 15 is 0 Å². The molecule has 3 rings (SSSR count). The molecule has 0 fully saturated rings. The van der Waals surface area contributed by atoms with Gasteiger partial charge in [0.2, 0.25) is 0 Å². The molecule has 0 aliphatic heterocycles. The van der Waals surface area contributed by atoms with Crippen LogP contribution in [0.15, 0.2) is 18.3 Å². The highest BCUT2D eigenvalue weighted by Crippen LogP contribution is 2.35. The zero-order valence-electron chi connectivity index (χ0n) is 12.4. The fourth-order valence-electron chi connectivity index (χ4n) is 3.60. The van der Waals surface area contributed by atoms with Crippen molar-refractivity contribution in [3.8, 4) is 5.75 Å². The highest BCUT2D eigenvalue weighted by molar-refractivity contribution is 5.91. The number of aromatic amines is 1. The summed E-state index contributed by atoms with van der Waals surface area (Å²) in [4.78, 5) is 5.88. The SMILES string of the molecule is CCCN(CCC)C1Cc2ccc(O)c3[nH]cc(c23)C1. The van der Waals surface area contributed by atoms with Gasteiger partial charge in [-0.05, 0) is 56.0 Å². The number of rotatable bonds is 5. The Hall–Kier alpha value is -1.48. The van der Waals surface area contributed by atoms with Crippen LogP contribution in [0.25, 0.3) is 10.9 Å². The van der Waals surface area contributed by atoms with E-state index in [1.54, 1.807) is 0 Å². The lowest BCUT2D eigenvalue weighted by Gasteiger charge is -2.34. The molecule has 0 amide bonds. The molecule has 20 heavy (non-hydrogen) atoms. The van der Waals surface area contributed by atoms with Crippen LogP contribution in [0.2, 0.25) is 0 Å². The molecule has 2 N–H and O–H groups in total. The molecule has 0 spiro atoms. The number of hydrogen-bond acceptors (Lipinski definition) is 2. The molecule has 0 saturated heterocycles. The summed E-state index contributed by atoms with van der Waals surface area (Å²) in [6, 6.07) is 4.52. The van der Waals surface area contributed by atoms with Gasteiger partial charge in [0.05, 0.1) is 5.52 Å². The minimum Gasteiger partial charge on any atom is -0.506 e. The molecule has 2 aromatic rings. The van der Waals surface area contributed by atoms with E-state index < -0.39 is 0 Å². The maximum absolute atomic E-state index is 9.93. The van der Waals surface area contributed by atoms with Crippen molar-refractivity contribution < 1.29 is 5.11 Å². The Morgan fingerprint density at radius 1 is 1.15 bits per heavy atom.